The van der Waals surface area contributed by atoms with Crippen LogP contribution in [0.3, 0.4) is 0 Å². The van der Waals surface area contributed by atoms with E-state index in [0.717, 1.165) is 19.3 Å². The SMILES string of the molecule is CONC(=O)[C@]12C[C@@H]1/C=C\CCCCC[C@H](NC(=O)OC(C)(C)C)C(=O)N1C[C@H](OC(=O)N3Cc4cccc(F)c4C3)C[C@H]1C(=O)N2. The summed E-state index contributed by atoms with van der Waals surface area (Å²) in [5, 5.41) is 5.56. The highest BCUT2D eigenvalue weighted by Gasteiger charge is 2.61. The quantitative estimate of drug-likeness (QED) is 0.330. The van der Waals surface area contributed by atoms with Gasteiger partial charge in [-0.25, -0.2) is 19.5 Å². The van der Waals surface area contributed by atoms with E-state index in [4.69, 9.17) is 14.3 Å². The molecular formula is C33H44FN5O8. The summed E-state index contributed by atoms with van der Waals surface area (Å²) in [5.74, 6) is -2.32. The molecule has 0 bridgehead atoms. The lowest BCUT2D eigenvalue weighted by Crippen LogP contribution is -2.57. The van der Waals surface area contributed by atoms with E-state index >= 15 is 0 Å². The molecule has 1 aromatic carbocycles. The van der Waals surface area contributed by atoms with Crippen molar-refractivity contribution in [2.24, 2.45) is 5.92 Å². The first kappa shape index (κ1) is 34.1. The number of nitrogens with one attached hydrogen (secondary N) is 3. The van der Waals surface area contributed by atoms with E-state index in [1.54, 1.807) is 32.9 Å². The molecule has 47 heavy (non-hydrogen) atoms. The normalized spacial score (nSPS) is 28.4. The van der Waals surface area contributed by atoms with E-state index < -0.39 is 65.1 Å². The zero-order valence-corrected chi connectivity index (χ0v) is 27.3. The second-order valence-electron chi connectivity index (χ2n) is 13.7. The lowest BCUT2D eigenvalue weighted by atomic mass is 10.0. The summed E-state index contributed by atoms with van der Waals surface area (Å²) in [6, 6.07) is 2.54. The number of hydrogen-bond acceptors (Lipinski definition) is 8. The Hall–Kier alpha value is -4.20. The minimum atomic E-state index is -1.27. The first-order valence-corrected chi connectivity index (χ1v) is 16.1. The number of halogens is 1. The summed E-state index contributed by atoms with van der Waals surface area (Å²) in [6.07, 6.45) is 5.15. The molecule has 1 saturated heterocycles. The van der Waals surface area contributed by atoms with Crippen LogP contribution in [0.4, 0.5) is 14.0 Å². The van der Waals surface area contributed by atoms with E-state index in [9.17, 15) is 28.4 Å². The van der Waals surface area contributed by atoms with Crippen LogP contribution < -0.4 is 16.1 Å². The second kappa shape index (κ2) is 13.9. The van der Waals surface area contributed by atoms with Gasteiger partial charge in [0.15, 0.2) is 0 Å². The summed E-state index contributed by atoms with van der Waals surface area (Å²) in [7, 11) is 1.30. The number of hydrogen-bond donors (Lipinski definition) is 3. The van der Waals surface area contributed by atoms with Gasteiger partial charge in [-0.2, -0.15) is 0 Å². The van der Waals surface area contributed by atoms with Gasteiger partial charge >= 0.3 is 12.2 Å². The molecule has 13 nitrogen and oxygen atoms in total. The smallest absolute Gasteiger partial charge is 0.410 e. The van der Waals surface area contributed by atoms with Crippen molar-refractivity contribution in [3.8, 4) is 0 Å². The average Bonchev–Trinajstić information content (AvgIpc) is 3.31. The first-order valence-electron chi connectivity index (χ1n) is 16.1. The Kier molecular flexibility index (Phi) is 10.1. The standard InChI is InChI=1S/C33H44FN5O8/c1-32(2,3)47-30(43)35-25-14-9-7-5-6-8-12-21-16-33(21,29(42)37-45-4)36-27(40)26-15-22(18-39(26)28(25)41)46-31(44)38-17-20-11-10-13-24(34)23(20)19-38/h8,10-13,21-22,25-26H,5-7,9,14-19H2,1-4H3,(H,35,43)(H,36,40)(H,37,42)/b12-8-/t21-,22+,25-,26-,33-/m0/s1. The van der Waals surface area contributed by atoms with Crippen molar-refractivity contribution >= 4 is 29.9 Å². The molecule has 2 fully saturated rings. The highest BCUT2D eigenvalue weighted by molar-refractivity contribution is 5.98. The van der Waals surface area contributed by atoms with E-state index in [1.807, 2.05) is 12.2 Å². The van der Waals surface area contributed by atoms with Gasteiger partial charge in [0, 0.05) is 24.4 Å². The van der Waals surface area contributed by atoms with Gasteiger partial charge in [-0.1, -0.05) is 37.1 Å². The minimum absolute atomic E-state index is 0.0358. The summed E-state index contributed by atoms with van der Waals surface area (Å²) < 4.78 is 25.6. The topological polar surface area (TPSA) is 156 Å². The molecule has 5 amide bonds. The number of rotatable bonds is 4. The van der Waals surface area contributed by atoms with Crippen LogP contribution in [0, 0.1) is 11.7 Å². The Labute approximate surface area is 273 Å². The highest BCUT2D eigenvalue weighted by atomic mass is 19.1. The van der Waals surface area contributed by atoms with Crippen molar-refractivity contribution in [2.75, 3.05) is 13.7 Å². The van der Waals surface area contributed by atoms with Crippen LogP contribution in [0.5, 0.6) is 0 Å². The van der Waals surface area contributed by atoms with E-state index in [2.05, 4.69) is 16.1 Å². The van der Waals surface area contributed by atoms with Gasteiger partial charge in [0.2, 0.25) is 11.8 Å². The van der Waals surface area contributed by atoms with Crippen molar-refractivity contribution in [3.05, 3.63) is 47.3 Å². The first-order chi connectivity index (χ1) is 22.3. The van der Waals surface area contributed by atoms with E-state index in [1.165, 1.54) is 23.0 Å². The summed E-state index contributed by atoms with van der Waals surface area (Å²) in [4.78, 5) is 74.8. The van der Waals surface area contributed by atoms with Gasteiger partial charge in [-0.3, -0.25) is 24.1 Å². The number of carbonyl (C=O) groups is 5. The van der Waals surface area contributed by atoms with Gasteiger partial charge in [0.25, 0.3) is 5.91 Å². The number of ether oxygens (including phenoxy) is 2. The van der Waals surface area contributed by atoms with E-state index in [-0.39, 0.29) is 32.0 Å². The molecule has 0 radical (unpaired) electrons. The molecule has 4 aliphatic rings. The van der Waals surface area contributed by atoms with Gasteiger partial charge in [-0.15, -0.1) is 0 Å². The molecule has 0 aromatic heterocycles. The van der Waals surface area contributed by atoms with Crippen molar-refractivity contribution < 1.29 is 42.7 Å². The third kappa shape index (κ3) is 7.86. The van der Waals surface area contributed by atoms with Crippen LogP contribution in [0.25, 0.3) is 0 Å². The molecule has 3 N–H and O–H groups in total. The summed E-state index contributed by atoms with van der Waals surface area (Å²) >= 11 is 0. The largest absolute Gasteiger partial charge is 0.444 e. The summed E-state index contributed by atoms with van der Waals surface area (Å²) in [6.45, 7) is 5.22. The zero-order valence-electron chi connectivity index (χ0n) is 27.3. The maximum atomic E-state index is 14.3. The van der Waals surface area contributed by atoms with Crippen LogP contribution in [-0.2, 0) is 41.8 Å². The molecule has 1 aromatic rings. The molecule has 256 valence electrons. The molecule has 1 saturated carbocycles. The number of alkyl carbamates (subject to hydrolysis) is 1. The monoisotopic (exact) mass is 657 g/mol. The predicted octanol–water partition coefficient (Wildman–Crippen LogP) is 3.21. The number of carbonyl (C=O) groups excluding carboxylic acids is 5. The van der Waals surface area contributed by atoms with E-state index in [0.29, 0.717) is 30.4 Å². The molecule has 14 heteroatoms. The third-order valence-corrected chi connectivity index (χ3v) is 8.98. The fourth-order valence-corrected chi connectivity index (χ4v) is 6.53. The van der Waals surface area contributed by atoms with Gasteiger partial charge in [-0.05, 0) is 58.1 Å². The molecular weight excluding hydrogens is 613 g/mol. The van der Waals surface area contributed by atoms with Crippen molar-refractivity contribution in [1.82, 2.24) is 25.9 Å². The Morgan fingerprint density at radius 1 is 1.11 bits per heavy atom. The van der Waals surface area contributed by atoms with Crippen LogP contribution in [0.2, 0.25) is 0 Å². The molecule has 3 aliphatic heterocycles. The fourth-order valence-electron chi connectivity index (χ4n) is 6.53. The predicted molar refractivity (Wildman–Crippen MR) is 166 cm³/mol. The molecule has 5 atom stereocenters. The Balaban J connectivity index is 1.38. The number of nitrogens with zero attached hydrogens (tertiary/aromatic N) is 2. The minimum Gasteiger partial charge on any atom is -0.444 e. The van der Waals surface area contributed by atoms with Gasteiger partial charge in [0.05, 0.1) is 20.2 Å². The van der Waals surface area contributed by atoms with Gasteiger partial charge in [0.1, 0.15) is 35.1 Å². The molecule has 1 aliphatic carbocycles. The van der Waals surface area contributed by atoms with Crippen LogP contribution in [-0.4, -0.2) is 82.7 Å². The van der Waals surface area contributed by atoms with Crippen LogP contribution in [0.1, 0.15) is 76.8 Å². The Morgan fingerprint density at radius 2 is 1.89 bits per heavy atom. The number of allylic oxidation sites excluding steroid dienone is 1. The number of hydroxylamine groups is 1. The number of amides is 5. The molecule has 0 spiro atoms. The molecule has 3 heterocycles. The maximum Gasteiger partial charge on any atom is 0.410 e. The van der Waals surface area contributed by atoms with Crippen molar-refractivity contribution in [2.45, 2.75) is 108 Å². The number of benzene rings is 1. The second-order valence-corrected chi connectivity index (χ2v) is 13.7. The highest BCUT2D eigenvalue weighted by Crippen LogP contribution is 2.45. The average molecular weight is 658 g/mol. The van der Waals surface area contributed by atoms with Crippen LogP contribution in [0.15, 0.2) is 30.4 Å². The lowest BCUT2D eigenvalue weighted by molar-refractivity contribution is -0.143. The summed E-state index contributed by atoms with van der Waals surface area (Å²) in [5.41, 5.74) is 1.35. The Bertz CT molecular complexity index is 1430. The van der Waals surface area contributed by atoms with Crippen molar-refractivity contribution in [1.29, 1.82) is 0 Å². The van der Waals surface area contributed by atoms with Gasteiger partial charge < -0.3 is 25.0 Å². The van der Waals surface area contributed by atoms with Crippen molar-refractivity contribution in [3.63, 3.8) is 0 Å². The fraction of sp³-hybridized carbons (Fsp3) is 0.606. The molecule has 5 rings (SSSR count). The Morgan fingerprint density at radius 3 is 2.62 bits per heavy atom. The maximum absolute atomic E-state index is 14.3. The van der Waals surface area contributed by atoms with Crippen LogP contribution >= 0.6 is 0 Å². The number of fused-ring (bicyclic) bond motifs is 3. The third-order valence-electron chi connectivity index (χ3n) is 8.98. The zero-order chi connectivity index (χ0) is 33.9. The molecule has 0 unspecified atom stereocenters. The lowest BCUT2D eigenvalue weighted by Gasteiger charge is -2.30.